The maximum absolute atomic E-state index is 9.59. The Morgan fingerprint density at radius 3 is 2.38 bits per heavy atom. The zero-order valence-electron chi connectivity index (χ0n) is 23.6. The minimum absolute atomic E-state index is 0.333. The smallest absolute Gasteiger partial charge is 0.141 e. The molecule has 3 heterocycles. The van der Waals surface area contributed by atoms with Crippen LogP contribution in [0.1, 0.15) is 39.5 Å². The molecule has 7 heteroatoms. The van der Waals surface area contributed by atoms with E-state index in [0.717, 1.165) is 113 Å². The van der Waals surface area contributed by atoms with Crippen LogP contribution in [0.2, 0.25) is 0 Å². The van der Waals surface area contributed by atoms with Gasteiger partial charge in [0, 0.05) is 70.6 Å². The van der Waals surface area contributed by atoms with Crippen LogP contribution in [0.5, 0.6) is 0 Å². The van der Waals surface area contributed by atoms with E-state index in [1.807, 2.05) is 6.08 Å². The van der Waals surface area contributed by atoms with Crippen LogP contribution in [0.15, 0.2) is 75.6 Å². The molecule has 0 aromatic carbocycles. The average molecular weight is 524 g/mol. The molecule has 2 atom stereocenters. The molecule has 2 unspecified atom stereocenters. The van der Waals surface area contributed by atoms with Crippen molar-refractivity contribution in [3.05, 3.63) is 70.6 Å². The van der Waals surface area contributed by atoms with Crippen molar-refractivity contribution in [3.8, 4) is 12.1 Å². The Hall–Kier alpha value is -3.55. The maximum atomic E-state index is 9.59. The summed E-state index contributed by atoms with van der Waals surface area (Å²) >= 11 is 0. The SMILES string of the molecule is C=C(C1=CC(CN2CCN(C3=NCCC=C3C#N)CC2)=CCC1C)N1CCN(C2=CCCC=C2C#N)CC1C. The second kappa shape index (κ2) is 12.1. The van der Waals surface area contributed by atoms with Crippen molar-refractivity contribution in [1.82, 2.24) is 19.6 Å². The molecule has 0 amide bonds. The Bertz CT molecular complexity index is 1240. The van der Waals surface area contributed by atoms with Crippen molar-refractivity contribution >= 4 is 5.84 Å². The monoisotopic (exact) mass is 523 g/mol. The van der Waals surface area contributed by atoms with Gasteiger partial charge in [0.1, 0.15) is 18.0 Å². The Morgan fingerprint density at radius 1 is 0.923 bits per heavy atom. The Kier molecular flexibility index (Phi) is 8.38. The van der Waals surface area contributed by atoms with Crippen LogP contribution in [0.4, 0.5) is 0 Å². The van der Waals surface area contributed by atoms with E-state index in [2.05, 4.69) is 81.5 Å². The van der Waals surface area contributed by atoms with Crippen LogP contribution in [0.3, 0.4) is 0 Å². The number of hydrogen-bond donors (Lipinski definition) is 0. The molecular weight excluding hydrogens is 482 g/mol. The molecule has 0 saturated carbocycles. The quantitative estimate of drug-likeness (QED) is 0.532. The summed E-state index contributed by atoms with van der Waals surface area (Å²) in [5.41, 5.74) is 6.58. The molecule has 5 rings (SSSR count). The van der Waals surface area contributed by atoms with Crippen LogP contribution in [0.25, 0.3) is 0 Å². The van der Waals surface area contributed by atoms with E-state index in [0.29, 0.717) is 12.0 Å². The molecule has 3 aliphatic heterocycles. The highest BCUT2D eigenvalue weighted by atomic mass is 15.3. The first-order valence-corrected chi connectivity index (χ1v) is 14.5. The number of rotatable bonds is 5. The Morgan fingerprint density at radius 2 is 1.64 bits per heavy atom. The second-order valence-corrected chi connectivity index (χ2v) is 11.3. The van der Waals surface area contributed by atoms with Crippen molar-refractivity contribution in [2.45, 2.75) is 45.6 Å². The summed E-state index contributed by atoms with van der Waals surface area (Å²) in [5, 5.41) is 19.1. The predicted molar refractivity (Wildman–Crippen MR) is 156 cm³/mol. The first-order valence-electron chi connectivity index (χ1n) is 14.5. The number of hydrogen-bond acceptors (Lipinski definition) is 7. The lowest BCUT2D eigenvalue weighted by Gasteiger charge is -2.45. The zero-order chi connectivity index (χ0) is 27.4. The number of nitriles is 2. The van der Waals surface area contributed by atoms with Crippen molar-refractivity contribution in [1.29, 1.82) is 10.5 Å². The van der Waals surface area contributed by atoms with Gasteiger partial charge in [-0.05, 0) is 49.7 Å². The van der Waals surface area contributed by atoms with Crippen LogP contribution >= 0.6 is 0 Å². The van der Waals surface area contributed by atoms with E-state index in [-0.39, 0.29) is 0 Å². The molecule has 7 nitrogen and oxygen atoms in total. The van der Waals surface area contributed by atoms with E-state index >= 15 is 0 Å². The first-order chi connectivity index (χ1) is 19.0. The molecule has 0 bridgehead atoms. The fourth-order valence-electron chi connectivity index (χ4n) is 6.44. The number of piperazine rings is 2. The fourth-order valence-corrected chi connectivity index (χ4v) is 6.44. The molecule has 0 aromatic rings. The van der Waals surface area contributed by atoms with Gasteiger partial charge in [-0.15, -0.1) is 0 Å². The van der Waals surface area contributed by atoms with Crippen LogP contribution < -0.4 is 0 Å². The molecule has 2 fully saturated rings. The van der Waals surface area contributed by atoms with Gasteiger partial charge in [-0.2, -0.15) is 10.5 Å². The second-order valence-electron chi connectivity index (χ2n) is 11.3. The third kappa shape index (κ3) is 5.89. The summed E-state index contributed by atoms with van der Waals surface area (Å²) in [4.78, 5) is 14.3. The topological polar surface area (TPSA) is 72.9 Å². The zero-order valence-corrected chi connectivity index (χ0v) is 23.6. The van der Waals surface area contributed by atoms with Gasteiger partial charge < -0.3 is 14.7 Å². The largest absolute Gasteiger partial charge is 0.367 e. The third-order valence-corrected chi connectivity index (χ3v) is 8.68. The van der Waals surface area contributed by atoms with Crippen molar-refractivity contribution < 1.29 is 0 Å². The lowest BCUT2D eigenvalue weighted by molar-refractivity contribution is 0.139. The highest BCUT2D eigenvalue weighted by molar-refractivity contribution is 6.02. The fraction of sp³-hybridized carbons (Fsp3) is 0.531. The molecule has 0 aromatic heterocycles. The van der Waals surface area contributed by atoms with E-state index in [4.69, 9.17) is 0 Å². The Balaban J connectivity index is 1.18. The predicted octanol–water partition coefficient (Wildman–Crippen LogP) is 4.40. The maximum Gasteiger partial charge on any atom is 0.141 e. The van der Waals surface area contributed by atoms with Gasteiger partial charge in [0.15, 0.2) is 0 Å². The summed E-state index contributed by atoms with van der Waals surface area (Å²) in [6.45, 7) is 17.4. The normalized spacial score (nSPS) is 26.3. The van der Waals surface area contributed by atoms with Gasteiger partial charge in [-0.25, -0.2) is 0 Å². The molecular formula is C32H41N7. The van der Waals surface area contributed by atoms with Crippen molar-refractivity contribution in [2.75, 3.05) is 58.9 Å². The summed E-state index contributed by atoms with van der Waals surface area (Å²) < 4.78 is 0. The van der Waals surface area contributed by atoms with Gasteiger partial charge in [-0.1, -0.05) is 43.9 Å². The summed E-state index contributed by atoms with van der Waals surface area (Å²) in [6.07, 6.45) is 15.0. The highest BCUT2D eigenvalue weighted by Crippen LogP contribution is 2.33. The molecule has 0 N–H and O–H groups in total. The summed E-state index contributed by atoms with van der Waals surface area (Å²) in [5.74, 6) is 1.35. The molecule has 0 spiro atoms. The third-order valence-electron chi connectivity index (χ3n) is 8.68. The van der Waals surface area contributed by atoms with Gasteiger partial charge in [0.2, 0.25) is 0 Å². The van der Waals surface area contributed by atoms with E-state index < -0.39 is 0 Å². The molecule has 5 aliphatic rings. The molecule has 204 valence electrons. The number of nitrogens with zero attached hydrogens (tertiary/aromatic N) is 7. The minimum Gasteiger partial charge on any atom is -0.367 e. The summed E-state index contributed by atoms with van der Waals surface area (Å²) in [6, 6.07) is 5.06. The van der Waals surface area contributed by atoms with Gasteiger partial charge >= 0.3 is 0 Å². The van der Waals surface area contributed by atoms with Crippen LogP contribution in [-0.4, -0.2) is 90.4 Å². The molecule has 0 radical (unpaired) electrons. The van der Waals surface area contributed by atoms with E-state index in [9.17, 15) is 10.5 Å². The number of allylic oxidation sites excluding steroid dienone is 5. The summed E-state index contributed by atoms with van der Waals surface area (Å²) in [7, 11) is 0. The van der Waals surface area contributed by atoms with Crippen LogP contribution in [-0.2, 0) is 0 Å². The van der Waals surface area contributed by atoms with Gasteiger partial charge in [0.25, 0.3) is 0 Å². The highest BCUT2D eigenvalue weighted by Gasteiger charge is 2.30. The van der Waals surface area contributed by atoms with Crippen LogP contribution in [0, 0.1) is 28.6 Å². The molecule has 2 saturated heterocycles. The first kappa shape index (κ1) is 27.0. The Labute approximate surface area is 234 Å². The van der Waals surface area contributed by atoms with Crippen molar-refractivity contribution in [3.63, 3.8) is 0 Å². The lowest BCUT2D eigenvalue weighted by atomic mass is 9.87. The molecule has 2 aliphatic carbocycles. The standard InChI is InChI=1S/C32H41N7/c1-24-10-11-27(23-36-13-15-37(16-14-36)32-29(21-34)8-6-12-35-32)19-30(24)26(3)39-18-17-38(22-25(39)2)31-9-5-4-7-28(31)20-33/h7-9,11,19,24-25H,3-6,10,12-18,22-23H2,1-2H3. The average Bonchev–Trinajstić information content (AvgIpc) is 2.98. The minimum atomic E-state index is 0.333. The number of aliphatic imine (C=N–C) groups is 1. The van der Waals surface area contributed by atoms with Crippen molar-refractivity contribution in [2.24, 2.45) is 10.9 Å². The van der Waals surface area contributed by atoms with E-state index in [1.54, 1.807) is 0 Å². The van der Waals surface area contributed by atoms with Gasteiger partial charge in [0.05, 0.1) is 16.8 Å². The number of amidine groups is 1. The van der Waals surface area contributed by atoms with E-state index in [1.165, 1.54) is 11.1 Å². The van der Waals surface area contributed by atoms with Gasteiger partial charge in [-0.3, -0.25) is 9.89 Å². The lowest BCUT2D eigenvalue weighted by Crippen LogP contribution is -2.51. The molecule has 39 heavy (non-hydrogen) atoms. The number of dihydropyridines is 1.